The Morgan fingerprint density at radius 3 is 0.842 bits per heavy atom. The van der Waals surface area contributed by atoms with Crippen molar-refractivity contribution in [3.8, 4) is 11.4 Å². The molecule has 0 unspecified atom stereocenters. The fourth-order valence-electron chi connectivity index (χ4n) is 7.46. The summed E-state index contributed by atoms with van der Waals surface area (Å²) in [7, 11) is 0. The van der Waals surface area contributed by atoms with Gasteiger partial charge in [-0.2, -0.15) is 52.7 Å². The quantitative estimate of drug-likeness (QED) is 0.169. The molecular weight excluding hydrogens is 774 g/mol. The molecule has 0 amide bonds. The van der Waals surface area contributed by atoms with E-state index in [9.17, 15) is 52.7 Å². The van der Waals surface area contributed by atoms with Crippen molar-refractivity contribution in [3.05, 3.63) is 131 Å². The van der Waals surface area contributed by atoms with Gasteiger partial charge in [0, 0.05) is 54.7 Å². The van der Waals surface area contributed by atoms with Crippen molar-refractivity contribution in [1.29, 1.82) is 0 Å². The van der Waals surface area contributed by atoms with Gasteiger partial charge in [0.15, 0.2) is 0 Å². The summed E-state index contributed by atoms with van der Waals surface area (Å²) in [5, 5.41) is 0.944. The predicted molar refractivity (Wildman–Crippen MR) is 196 cm³/mol. The number of nitrogens with one attached hydrogen (secondary N) is 1. The van der Waals surface area contributed by atoms with Gasteiger partial charge in [-0.1, -0.05) is 13.8 Å². The van der Waals surface area contributed by atoms with Crippen molar-refractivity contribution in [1.82, 2.24) is 14.1 Å². The third kappa shape index (κ3) is 6.19. The lowest BCUT2D eigenvalue weighted by Crippen LogP contribution is -2.04. The van der Waals surface area contributed by atoms with Gasteiger partial charge in [0.1, 0.15) is 0 Å². The Morgan fingerprint density at radius 2 is 0.596 bits per heavy atom. The van der Waals surface area contributed by atoms with Crippen LogP contribution in [0.2, 0.25) is 0 Å². The molecule has 0 spiro atoms. The van der Waals surface area contributed by atoms with Crippen molar-refractivity contribution in [2.75, 3.05) is 0 Å². The van der Waals surface area contributed by atoms with E-state index in [0.717, 1.165) is 48.5 Å². The lowest BCUT2D eigenvalue weighted by atomic mass is 10.1. The first kappa shape index (κ1) is 37.8. The SMILES string of the molecule is CC.FC(F)(F)c1ccc2c(c1)c1cc(C(F)(F)F)ccc1n2-c1ccc2[nH]c3ccc(-n4c5ccc(C(F)(F)F)cc5c5cc(C(F)(F)F)ccc54)cc3c2c1. The summed E-state index contributed by atoms with van der Waals surface area (Å²) < 4.78 is 168. The van der Waals surface area contributed by atoms with Crippen LogP contribution in [0.15, 0.2) is 109 Å². The third-order valence-electron chi connectivity index (χ3n) is 9.92. The molecule has 9 aromatic rings. The summed E-state index contributed by atoms with van der Waals surface area (Å²) >= 11 is 0. The predicted octanol–water partition coefficient (Wildman–Crippen LogP) is 14.6. The van der Waals surface area contributed by atoms with E-state index in [1.807, 2.05) is 13.8 Å². The molecule has 0 aliphatic rings. The molecule has 3 nitrogen and oxygen atoms in total. The summed E-state index contributed by atoms with van der Waals surface area (Å²) in [4.78, 5) is 3.25. The largest absolute Gasteiger partial charge is 0.416 e. The Hall–Kier alpha value is -6.12. The Kier molecular flexibility index (Phi) is 8.42. The zero-order chi connectivity index (χ0) is 41.0. The maximum Gasteiger partial charge on any atom is 0.416 e. The number of fused-ring (bicyclic) bond motifs is 9. The van der Waals surface area contributed by atoms with E-state index >= 15 is 0 Å². The highest BCUT2D eigenvalue weighted by atomic mass is 19.4. The minimum atomic E-state index is -4.76. The van der Waals surface area contributed by atoms with Crippen LogP contribution >= 0.6 is 0 Å². The average Bonchev–Trinajstić information content (AvgIpc) is 3.80. The highest BCUT2D eigenvalue weighted by Crippen LogP contribution is 2.43. The fourth-order valence-corrected chi connectivity index (χ4v) is 7.46. The van der Waals surface area contributed by atoms with Crippen LogP contribution in [0.3, 0.4) is 0 Å². The second-order valence-corrected chi connectivity index (χ2v) is 13.2. The molecule has 292 valence electrons. The maximum absolute atomic E-state index is 13.8. The first-order chi connectivity index (χ1) is 26.8. The van der Waals surface area contributed by atoms with Crippen LogP contribution in [0.25, 0.3) is 76.8 Å². The van der Waals surface area contributed by atoms with Crippen molar-refractivity contribution < 1.29 is 52.7 Å². The van der Waals surface area contributed by atoms with Crippen LogP contribution in [0.5, 0.6) is 0 Å². The Balaban J connectivity index is 0.00000224. The van der Waals surface area contributed by atoms with Crippen LogP contribution in [-0.4, -0.2) is 14.1 Å². The van der Waals surface area contributed by atoms with E-state index in [1.54, 1.807) is 45.5 Å². The molecule has 3 aromatic heterocycles. The molecule has 0 aliphatic carbocycles. The minimum absolute atomic E-state index is 0.0500. The number of rotatable bonds is 2. The van der Waals surface area contributed by atoms with Gasteiger partial charge in [0.25, 0.3) is 0 Å². The second-order valence-electron chi connectivity index (χ2n) is 13.2. The van der Waals surface area contributed by atoms with Gasteiger partial charge >= 0.3 is 24.7 Å². The van der Waals surface area contributed by atoms with Crippen LogP contribution in [0, 0.1) is 0 Å². The van der Waals surface area contributed by atoms with Crippen molar-refractivity contribution in [3.63, 3.8) is 0 Å². The van der Waals surface area contributed by atoms with Gasteiger partial charge in [-0.15, -0.1) is 0 Å². The molecule has 6 aromatic carbocycles. The first-order valence-electron chi connectivity index (χ1n) is 17.3. The van der Waals surface area contributed by atoms with E-state index in [2.05, 4.69) is 4.98 Å². The highest BCUT2D eigenvalue weighted by Gasteiger charge is 2.35. The lowest BCUT2D eigenvalue weighted by molar-refractivity contribution is -0.138. The van der Waals surface area contributed by atoms with E-state index < -0.39 is 47.0 Å². The van der Waals surface area contributed by atoms with Crippen molar-refractivity contribution >= 4 is 65.4 Å². The number of hydrogen-bond donors (Lipinski definition) is 1. The maximum atomic E-state index is 13.8. The van der Waals surface area contributed by atoms with E-state index in [-0.39, 0.29) is 43.6 Å². The normalized spacial score (nSPS) is 13.1. The molecule has 3 heterocycles. The molecule has 0 bridgehead atoms. The summed E-state index contributed by atoms with van der Waals surface area (Å²) in [5.41, 5.74) is -1.30. The van der Waals surface area contributed by atoms with Gasteiger partial charge in [0.05, 0.1) is 44.3 Å². The number of hydrogen-bond acceptors (Lipinski definition) is 0. The van der Waals surface area contributed by atoms with Gasteiger partial charge < -0.3 is 14.1 Å². The third-order valence-corrected chi connectivity index (χ3v) is 9.92. The molecule has 0 radical (unpaired) electrons. The molecule has 9 rings (SSSR count). The molecule has 1 N–H and O–H groups in total. The zero-order valence-electron chi connectivity index (χ0n) is 29.3. The molecule has 57 heavy (non-hydrogen) atoms. The highest BCUT2D eigenvalue weighted by molar-refractivity contribution is 6.13. The van der Waals surface area contributed by atoms with Gasteiger partial charge in [-0.25, -0.2) is 0 Å². The smallest absolute Gasteiger partial charge is 0.355 e. The first-order valence-corrected chi connectivity index (χ1v) is 17.3. The standard InChI is InChI=1S/C40H19F12N3.C2H6/c41-37(42,43)19-1-9-33-27(13-19)28-14-20(38(44,45)46)2-10-34(28)54(33)23-5-7-31-25(17-23)26-18-24(6-8-32(26)53-31)55-35-11-3-21(39(47,48)49)15-29(35)30-16-22(40(50,51)52)4-12-36(30)55;1-2/h1-18,53H;1-2H3. The monoisotopic (exact) mass is 799 g/mol. The van der Waals surface area contributed by atoms with E-state index in [1.165, 1.54) is 24.3 Å². The van der Waals surface area contributed by atoms with E-state index in [4.69, 9.17) is 0 Å². The van der Waals surface area contributed by atoms with Crippen LogP contribution in [-0.2, 0) is 24.7 Å². The van der Waals surface area contributed by atoms with Gasteiger partial charge in [-0.3, -0.25) is 0 Å². The Bertz CT molecular complexity index is 2700. The zero-order valence-corrected chi connectivity index (χ0v) is 29.3. The van der Waals surface area contributed by atoms with E-state index in [0.29, 0.717) is 33.2 Å². The molecular formula is C42H25F12N3. The van der Waals surface area contributed by atoms with Crippen molar-refractivity contribution in [2.24, 2.45) is 0 Å². The number of nitrogens with zero attached hydrogens (tertiary/aromatic N) is 2. The number of H-pyrrole nitrogens is 1. The molecule has 15 heteroatoms. The number of alkyl halides is 12. The molecule has 0 fully saturated rings. The fraction of sp³-hybridized carbons (Fsp3) is 0.143. The molecule has 0 saturated carbocycles. The van der Waals surface area contributed by atoms with Crippen LogP contribution in [0.4, 0.5) is 52.7 Å². The average molecular weight is 800 g/mol. The summed E-state index contributed by atoms with van der Waals surface area (Å²) in [5.74, 6) is 0. The number of aromatic amines is 1. The lowest BCUT2D eigenvalue weighted by Gasteiger charge is -2.11. The van der Waals surface area contributed by atoms with Crippen molar-refractivity contribution in [2.45, 2.75) is 38.6 Å². The summed E-state index contributed by atoms with van der Waals surface area (Å²) in [6, 6.07) is 21.5. The molecule has 0 aliphatic heterocycles. The topological polar surface area (TPSA) is 25.6 Å². The summed E-state index contributed by atoms with van der Waals surface area (Å²) in [6.45, 7) is 4.00. The van der Waals surface area contributed by atoms with Crippen LogP contribution < -0.4 is 0 Å². The second kappa shape index (κ2) is 12.7. The van der Waals surface area contributed by atoms with Gasteiger partial charge in [-0.05, 0) is 109 Å². The molecule has 0 saturated heterocycles. The number of benzene rings is 6. The Morgan fingerprint density at radius 1 is 0.333 bits per heavy atom. The van der Waals surface area contributed by atoms with Gasteiger partial charge in [0.2, 0.25) is 0 Å². The minimum Gasteiger partial charge on any atom is -0.355 e. The Labute approximate surface area is 313 Å². The number of halogens is 12. The summed E-state index contributed by atoms with van der Waals surface area (Å²) in [6.07, 6.45) is -19.0. The molecule has 0 atom stereocenters. The number of aromatic nitrogens is 3. The van der Waals surface area contributed by atoms with Crippen LogP contribution in [0.1, 0.15) is 36.1 Å².